The molecule has 20 heavy (non-hydrogen) atoms. The van der Waals surface area contributed by atoms with Crippen LogP contribution in [0.4, 0.5) is 0 Å². The molecule has 1 aliphatic rings. The standard InChI is InChI=1S/C15H23NO3S/c1-12-5-7-15(8-6-12)20(17,18)11-13(2)16-14-4-3-9-19-10-14/h5-8,13-14,16H,3-4,9-11H2,1-2H3/t13-,14-/m0/s1. The van der Waals surface area contributed by atoms with Gasteiger partial charge in [0, 0.05) is 18.7 Å². The molecule has 2 rings (SSSR count). The van der Waals surface area contributed by atoms with Gasteiger partial charge in [0.15, 0.2) is 9.84 Å². The molecule has 1 aromatic rings. The van der Waals surface area contributed by atoms with E-state index >= 15 is 0 Å². The first-order chi connectivity index (χ1) is 9.47. The molecule has 0 radical (unpaired) electrons. The predicted octanol–water partition coefficient (Wildman–Crippen LogP) is 1.93. The van der Waals surface area contributed by atoms with Gasteiger partial charge in [0.05, 0.1) is 17.3 Å². The smallest absolute Gasteiger partial charge is 0.179 e. The van der Waals surface area contributed by atoms with Crippen molar-refractivity contribution in [3.8, 4) is 0 Å². The highest BCUT2D eigenvalue weighted by Crippen LogP contribution is 2.14. The van der Waals surface area contributed by atoms with Crippen LogP contribution in [-0.2, 0) is 14.6 Å². The van der Waals surface area contributed by atoms with Gasteiger partial charge in [-0.2, -0.15) is 0 Å². The quantitative estimate of drug-likeness (QED) is 0.902. The van der Waals surface area contributed by atoms with E-state index in [2.05, 4.69) is 5.32 Å². The number of aryl methyl sites for hydroxylation is 1. The summed E-state index contributed by atoms with van der Waals surface area (Å²) in [6.45, 7) is 5.35. The number of benzene rings is 1. The maximum Gasteiger partial charge on any atom is 0.179 e. The number of ether oxygens (including phenoxy) is 1. The molecule has 1 fully saturated rings. The zero-order chi connectivity index (χ0) is 14.6. The summed E-state index contributed by atoms with van der Waals surface area (Å²) >= 11 is 0. The van der Waals surface area contributed by atoms with E-state index in [4.69, 9.17) is 4.74 Å². The number of hydrogen-bond donors (Lipinski definition) is 1. The summed E-state index contributed by atoms with van der Waals surface area (Å²) in [5.41, 5.74) is 1.06. The molecule has 0 unspecified atom stereocenters. The Hall–Kier alpha value is -0.910. The molecule has 1 saturated heterocycles. The molecule has 4 nitrogen and oxygen atoms in total. The minimum atomic E-state index is -3.23. The van der Waals surface area contributed by atoms with Gasteiger partial charge in [-0.05, 0) is 38.8 Å². The molecule has 1 aliphatic heterocycles. The summed E-state index contributed by atoms with van der Waals surface area (Å²) < 4.78 is 30.0. The molecule has 0 spiro atoms. The van der Waals surface area contributed by atoms with E-state index in [1.807, 2.05) is 26.0 Å². The van der Waals surface area contributed by atoms with Crippen LogP contribution in [0, 0.1) is 6.92 Å². The second kappa shape index (κ2) is 6.70. The van der Waals surface area contributed by atoms with Crippen molar-refractivity contribution in [3.05, 3.63) is 29.8 Å². The summed E-state index contributed by atoms with van der Waals surface area (Å²) in [4.78, 5) is 0.400. The van der Waals surface area contributed by atoms with Crippen molar-refractivity contribution in [1.29, 1.82) is 0 Å². The normalized spacial score (nSPS) is 21.6. The third-order valence-corrected chi connectivity index (χ3v) is 5.46. The van der Waals surface area contributed by atoms with Crippen molar-refractivity contribution in [2.45, 2.75) is 43.7 Å². The van der Waals surface area contributed by atoms with Gasteiger partial charge >= 0.3 is 0 Å². The SMILES string of the molecule is Cc1ccc(S(=O)(=O)C[C@H](C)N[C@H]2CCCOC2)cc1. The van der Waals surface area contributed by atoms with Gasteiger partial charge in [0.2, 0.25) is 0 Å². The minimum absolute atomic E-state index is 0.0759. The highest BCUT2D eigenvalue weighted by Gasteiger charge is 2.21. The maximum atomic E-state index is 12.3. The Morgan fingerprint density at radius 1 is 1.35 bits per heavy atom. The number of hydrogen-bond acceptors (Lipinski definition) is 4. The van der Waals surface area contributed by atoms with Crippen molar-refractivity contribution in [2.24, 2.45) is 0 Å². The number of sulfone groups is 1. The second-order valence-electron chi connectivity index (χ2n) is 5.58. The van der Waals surface area contributed by atoms with Crippen LogP contribution in [0.5, 0.6) is 0 Å². The number of rotatable bonds is 5. The van der Waals surface area contributed by atoms with Crippen LogP contribution in [0.15, 0.2) is 29.2 Å². The average molecular weight is 297 g/mol. The Kier molecular flexibility index (Phi) is 5.18. The van der Waals surface area contributed by atoms with Crippen LogP contribution in [0.3, 0.4) is 0 Å². The Morgan fingerprint density at radius 2 is 2.05 bits per heavy atom. The van der Waals surface area contributed by atoms with Gasteiger partial charge < -0.3 is 10.1 Å². The van der Waals surface area contributed by atoms with Crippen LogP contribution in [0.1, 0.15) is 25.3 Å². The summed E-state index contributed by atoms with van der Waals surface area (Å²) in [7, 11) is -3.23. The molecule has 1 heterocycles. The van der Waals surface area contributed by atoms with Crippen LogP contribution in [-0.4, -0.2) is 39.5 Å². The first-order valence-corrected chi connectivity index (χ1v) is 8.76. The fraction of sp³-hybridized carbons (Fsp3) is 0.600. The lowest BCUT2D eigenvalue weighted by Crippen LogP contribution is -2.44. The Bertz CT molecular complexity index is 519. The van der Waals surface area contributed by atoms with Crippen molar-refractivity contribution in [2.75, 3.05) is 19.0 Å². The highest BCUT2D eigenvalue weighted by atomic mass is 32.2. The van der Waals surface area contributed by atoms with Crippen LogP contribution < -0.4 is 5.32 Å². The zero-order valence-corrected chi connectivity index (χ0v) is 12.9. The molecule has 5 heteroatoms. The molecular formula is C15H23NO3S. The molecule has 112 valence electrons. The van der Waals surface area contributed by atoms with E-state index in [0.717, 1.165) is 25.0 Å². The monoisotopic (exact) mass is 297 g/mol. The molecule has 0 aromatic heterocycles. The minimum Gasteiger partial charge on any atom is -0.380 e. The first-order valence-electron chi connectivity index (χ1n) is 7.10. The van der Waals surface area contributed by atoms with Crippen molar-refractivity contribution >= 4 is 9.84 Å². The van der Waals surface area contributed by atoms with Crippen molar-refractivity contribution < 1.29 is 13.2 Å². The average Bonchev–Trinajstić information content (AvgIpc) is 2.39. The molecule has 0 amide bonds. The summed E-state index contributed by atoms with van der Waals surface area (Å²) in [5.74, 6) is 0.118. The first kappa shape index (κ1) is 15.5. The molecule has 0 aliphatic carbocycles. The lowest BCUT2D eigenvalue weighted by molar-refractivity contribution is 0.0679. The largest absolute Gasteiger partial charge is 0.380 e. The van der Waals surface area contributed by atoms with E-state index in [0.29, 0.717) is 11.5 Å². The zero-order valence-electron chi connectivity index (χ0n) is 12.1. The summed E-state index contributed by atoms with van der Waals surface area (Å²) in [6, 6.07) is 7.22. The van der Waals surface area contributed by atoms with E-state index in [9.17, 15) is 8.42 Å². The molecule has 2 atom stereocenters. The predicted molar refractivity (Wildman–Crippen MR) is 79.7 cm³/mol. The van der Waals surface area contributed by atoms with Crippen LogP contribution in [0.2, 0.25) is 0 Å². The fourth-order valence-corrected chi connectivity index (χ4v) is 3.99. The van der Waals surface area contributed by atoms with Gasteiger partial charge in [0.25, 0.3) is 0 Å². The van der Waals surface area contributed by atoms with E-state index < -0.39 is 9.84 Å². The lowest BCUT2D eigenvalue weighted by atomic mass is 10.1. The maximum absolute atomic E-state index is 12.3. The van der Waals surface area contributed by atoms with Crippen LogP contribution >= 0.6 is 0 Å². The molecule has 1 aromatic carbocycles. The Labute approximate surface area is 121 Å². The van der Waals surface area contributed by atoms with Gasteiger partial charge in [-0.1, -0.05) is 17.7 Å². The Balaban J connectivity index is 1.95. The molecule has 0 saturated carbocycles. The lowest BCUT2D eigenvalue weighted by Gasteiger charge is -2.26. The van der Waals surface area contributed by atoms with E-state index in [1.54, 1.807) is 12.1 Å². The third-order valence-electron chi connectivity index (χ3n) is 3.53. The molecular weight excluding hydrogens is 274 g/mol. The number of nitrogens with one attached hydrogen (secondary N) is 1. The molecule has 0 bridgehead atoms. The van der Waals surface area contributed by atoms with Gasteiger partial charge in [-0.3, -0.25) is 0 Å². The van der Waals surface area contributed by atoms with Crippen LogP contribution in [0.25, 0.3) is 0 Å². The van der Waals surface area contributed by atoms with Crippen molar-refractivity contribution in [3.63, 3.8) is 0 Å². The summed E-state index contributed by atoms with van der Waals surface area (Å²) in [6.07, 6.45) is 2.09. The van der Waals surface area contributed by atoms with E-state index in [-0.39, 0.29) is 17.8 Å². The van der Waals surface area contributed by atoms with Gasteiger partial charge in [-0.15, -0.1) is 0 Å². The van der Waals surface area contributed by atoms with Crippen molar-refractivity contribution in [1.82, 2.24) is 5.32 Å². The van der Waals surface area contributed by atoms with Gasteiger partial charge in [0.1, 0.15) is 0 Å². The van der Waals surface area contributed by atoms with Gasteiger partial charge in [-0.25, -0.2) is 8.42 Å². The molecule has 1 N–H and O–H groups in total. The summed E-state index contributed by atoms with van der Waals surface area (Å²) in [5, 5.41) is 3.35. The van der Waals surface area contributed by atoms with E-state index in [1.165, 1.54) is 0 Å². The third kappa shape index (κ3) is 4.30. The second-order valence-corrected chi connectivity index (χ2v) is 7.61. The Morgan fingerprint density at radius 3 is 2.65 bits per heavy atom. The topological polar surface area (TPSA) is 55.4 Å². The highest BCUT2D eigenvalue weighted by molar-refractivity contribution is 7.91. The fourth-order valence-electron chi connectivity index (χ4n) is 2.49.